The summed E-state index contributed by atoms with van der Waals surface area (Å²) in [5, 5.41) is 0. The van der Waals surface area contributed by atoms with Crippen LogP contribution in [0.2, 0.25) is 0 Å². The number of hydrogen-bond donors (Lipinski definition) is 0. The molecule has 0 saturated carbocycles. The van der Waals surface area contributed by atoms with Crippen molar-refractivity contribution >= 4 is 11.9 Å². The summed E-state index contributed by atoms with van der Waals surface area (Å²) in [6.07, 6.45) is 1.72. The van der Waals surface area contributed by atoms with E-state index in [0.29, 0.717) is 24.2 Å². The van der Waals surface area contributed by atoms with Crippen molar-refractivity contribution in [3.05, 3.63) is 107 Å². The van der Waals surface area contributed by atoms with Gasteiger partial charge in [0, 0.05) is 13.1 Å². The molecule has 0 atom stereocenters. The Bertz CT molecular complexity index is 998. The topological polar surface area (TPSA) is 46.6 Å². The van der Waals surface area contributed by atoms with E-state index in [0.717, 1.165) is 24.0 Å². The Kier molecular flexibility index (Phi) is 7.39. The van der Waals surface area contributed by atoms with E-state index in [1.165, 1.54) is 12.7 Å². The lowest BCUT2D eigenvalue weighted by Gasteiger charge is -2.25. The van der Waals surface area contributed by atoms with Gasteiger partial charge in [-0.15, -0.1) is 0 Å². The fourth-order valence-electron chi connectivity index (χ4n) is 3.49. The smallest absolute Gasteiger partial charge is 0.338 e. The number of nitrogens with zero attached hydrogens (tertiary/aromatic N) is 1. The Balaban J connectivity index is 1.84. The molecule has 0 unspecified atom stereocenters. The van der Waals surface area contributed by atoms with E-state index in [9.17, 15) is 9.59 Å². The molecular weight excluding hydrogens is 374 g/mol. The van der Waals surface area contributed by atoms with Gasteiger partial charge in [0.15, 0.2) is 0 Å². The lowest BCUT2D eigenvalue weighted by atomic mass is 10.0. The second kappa shape index (κ2) is 10.4. The molecule has 0 N–H and O–H groups in total. The highest BCUT2D eigenvalue weighted by Crippen LogP contribution is 2.18. The van der Waals surface area contributed by atoms with Gasteiger partial charge in [0.2, 0.25) is 0 Å². The Morgan fingerprint density at radius 3 is 2.17 bits per heavy atom. The first-order valence-electron chi connectivity index (χ1n) is 10.1. The van der Waals surface area contributed by atoms with Crippen LogP contribution in [0.1, 0.15) is 43.8 Å². The molecule has 30 heavy (non-hydrogen) atoms. The van der Waals surface area contributed by atoms with Gasteiger partial charge in [-0.2, -0.15) is 0 Å². The van der Waals surface area contributed by atoms with E-state index in [4.69, 9.17) is 4.74 Å². The van der Waals surface area contributed by atoms with Crippen LogP contribution in [0, 0.1) is 6.92 Å². The van der Waals surface area contributed by atoms with E-state index >= 15 is 0 Å². The third-order valence-corrected chi connectivity index (χ3v) is 5.21. The Morgan fingerprint density at radius 1 is 0.833 bits per heavy atom. The predicted octanol–water partition coefficient (Wildman–Crippen LogP) is 5.06. The van der Waals surface area contributed by atoms with Gasteiger partial charge in [-0.25, -0.2) is 4.79 Å². The van der Waals surface area contributed by atoms with E-state index < -0.39 is 5.97 Å². The van der Waals surface area contributed by atoms with Crippen LogP contribution in [0.5, 0.6) is 0 Å². The highest BCUT2D eigenvalue weighted by molar-refractivity contribution is 6.05. The molecular formula is C26H27NO3. The zero-order valence-corrected chi connectivity index (χ0v) is 17.5. The number of rotatable bonds is 8. The van der Waals surface area contributed by atoms with Crippen LogP contribution < -0.4 is 0 Å². The second-order valence-electron chi connectivity index (χ2n) is 7.28. The molecule has 0 aliphatic rings. The molecule has 0 aromatic heterocycles. The number of methoxy groups -OCH3 is 1. The zero-order chi connectivity index (χ0) is 21.3. The summed E-state index contributed by atoms with van der Waals surface area (Å²) >= 11 is 0. The number of hydrogen-bond acceptors (Lipinski definition) is 3. The van der Waals surface area contributed by atoms with Gasteiger partial charge in [0.05, 0.1) is 18.2 Å². The summed E-state index contributed by atoms with van der Waals surface area (Å²) in [5.74, 6) is -0.661. The molecule has 3 aromatic carbocycles. The standard InChI is InChI=1S/C26H27NO3/c1-20-11-6-7-15-22(20)19-27(18-10-14-21-12-4-3-5-13-21)25(28)23-16-8-9-17-24(23)26(29)30-2/h3-9,11-13,15-17H,10,14,18-19H2,1-2H3. The summed E-state index contributed by atoms with van der Waals surface area (Å²) in [5.41, 5.74) is 4.15. The van der Waals surface area contributed by atoms with Crippen LogP contribution >= 0.6 is 0 Å². The second-order valence-corrected chi connectivity index (χ2v) is 7.28. The molecule has 0 heterocycles. The van der Waals surface area contributed by atoms with Crippen molar-refractivity contribution in [1.82, 2.24) is 4.90 Å². The van der Waals surface area contributed by atoms with Crippen LogP contribution in [0.25, 0.3) is 0 Å². The highest BCUT2D eigenvalue weighted by atomic mass is 16.5. The maximum absolute atomic E-state index is 13.5. The first-order chi connectivity index (χ1) is 14.6. The minimum absolute atomic E-state index is 0.160. The van der Waals surface area contributed by atoms with Crippen molar-refractivity contribution < 1.29 is 14.3 Å². The van der Waals surface area contributed by atoms with Gasteiger partial charge in [-0.05, 0) is 48.6 Å². The molecule has 3 aromatic rings. The van der Waals surface area contributed by atoms with Crippen LogP contribution in [0.3, 0.4) is 0 Å². The summed E-state index contributed by atoms with van der Waals surface area (Å²) in [7, 11) is 1.33. The Morgan fingerprint density at radius 2 is 1.47 bits per heavy atom. The summed E-state index contributed by atoms with van der Waals surface area (Å²) in [6.45, 7) is 3.14. The molecule has 0 bridgehead atoms. The predicted molar refractivity (Wildman–Crippen MR) is 118 cm³/mol. The molecule has 0 aliphatic carbocycles. The third-order valence-electron chi connectivity index (χ3n) is 5.21. The lowest BCUT2D eigenvalue weighted by molar-refractivity contribution is 0.0589. The van der Waals surface area contributed by atoms with Gasteiger partial charge in [-0.3, -0.25) is 4.79 Å². The molecule has 0 saturated heterocycles. The monoisotopic (exact) mass is 401 g/mol. The summed E-state index contributed by atoms with van der Waals surface area (Å²) in [6, 6.07) is 25.1. The minimum Gasteiger partial charge on any atom is -0.465 e. The van der Waals surface area contributed by atoms with Crippen molar-refractivity contribution in [2.75, 3.05) is 13.7 Å². The molecule has 0 radical (unpaired) electrons. The maximum Gasteiger partial charge on any atom is 0.338 e. The molecule has 3 rings (SSSR count). The SMILES string of the molecule is COC(=O)c1ccccc1C(=O)N(CCCc1ccccc1)Cc1ccccc1C. The van der Waals surface area contributed by atoms with Crippen molar-refractivity contribution in [2.45, 2.75) is 26.3 Å². The van der Waals surface area contributed by atoms with Gasteiger partial charge in [-0.1, -0.05) is 66.7 Å². The van der Waals surface area contributed by atoms with Crippen molar-refractivity contribution in [3.63, 3.8) is 0 Å². The third kappa shape index (κ3) is 5.35. The maximum atomic E-state index is 13.5. The number of carbonyl (C=O) groups excluding carboxylic acids is 2. The van der Waals surface area contributed by atoms with Gasteiger partial charge in [0.1, 0.15) is 0 Å². The average Bonchev–Trinajstić information content (AvgIpc) is 2.79. The fourth-order valence-corrected chi connectivity index (χ4v) is 3.49. The van der Waals surface area contributed by atoms with Crippen LogP contribution in [-0.2, 0) is 17.7 Å². The van der Waals surface area contributed by atoms with Gasteiger partial charge in [0.25, 0.3) is 5.91 Å². The summed E-state index contributed by atoms with van der Waals surface area (Å²) in [4.78, 5) is 27.5. The summed E-state index contributed by atoms with van der Waals surface area (Å²) < 4.78 is 4.87. The molecule has 4 nitrogen and oxygen atoms in total. The number of carbonyl (C=O) groups is 2. The number of esters is 1. The molecule has 0 aliphatic heterocycles. The van der Waals surface area contributed by atoms with E-state index in [-0.39, 0.29) is 5.91 Å². The van der Waals surface area contributed by atoms with Gasteiger partial charge >= 0.3 is 5.97 Å². The largest absolute Gasteiger partial charge is 0.465 e. The Labute approximate surface area is 178 Å². The normalized spacial score (nSPS) is 10.5. The first-order valence-corrected chi connectivity index (χ1v) is 10.1. The van der Waals surface area contributed by atoms with Crippen LogP contribution in [-0.4, -0.2) is 30.4 Å². The molecule has 154 valence electrons. The van der Waals surface area contributed by atoms with E-state index in [1.54, 1.807) is 24.3 Å². The average molecular weight is 402 g/mol. The number of amides is 1. The van der Waals surface area contributed by atoms with Crippen molar-refractivity contribution in [1.29, 1.82) is 0 Å². The number of aryl methyl sites for hydroxylation is 2. The van der Waals surface area contributed by atoms with Crippen molar-refractivity contribution in [3.8, 4) is 0 Å². The molecule has 0 spiro atoms. The van der Waals surface area contributed by atoms with Crippen molar-refractivity contribution in [2.24, 2.45) is 0 Å². The lowest BCUT2D eigenvalue weighted by Crippen LogP contribution is -2.33. The zero-order valence-electron chi connectivity index (χ0n) is 17.5. The minimum atomic E-state index is -0.501. The number of ether oxygens (including phenoxy) is 1. The van der Waals surface area contributed by atoms with Crippen LogP contribution in [0.4, 0.5) is 0 Å². The van der Waals surface area contributed by atoms with Gasteiger partial charge < -0.3 is 9.64 Å². The first kappa shape index (κ1) is 21.3. The number of benzene rings is 3. The quantitative estimate of drug-likeness (QED) is 0.496. The highest BCUT2D eigenvalue weighted by Gasteiger charge is 2.22. The Hall–Kier alpha value is -3.40. The van der Waals surface area contributed by atoms with E-state index in [1.807, 2.05) is 54.3 Å². The fraction of sp³-hybridized carbons (Fsp3) is 0.231. The molecule has 4 heteroatoms. The molecule has 1 amide bonds. The van der Waals surface area contributed by atoms with Crippen LogP contribution in [0.15, 0.2) is 78.9 Å². The van der Waals surface area contributed by atoms with E-state index in [2.05, 4.69) is 12.1 Å². The molecule has 0 fully saturated rings.